The Bertz CT molecular complexity index is 892. The van der Waals surface area contributed by atoms with Crippen molar-refractivity contribution in [2.24, 2.45) is 0 Å². The lowest BCUT2D eigenvalue weighted by Gasteiger charge is -2.17. The molecule has 2 aromatic carbocycles. The minimum atomic E-state index is -0.286. The molecule has 2 unspecified atom stereocenters. The Kier molecular flexibility index (Phi) is 5.28. The average molecular weight is 324 g/mol. The normalized spacial score (nSPS) is 20.5. The number of benzene rings is 2. The molecule has 1 aliphatic rings. The Labute approximate surface area is 159 Å². The van der Waals surface area contributed by atoms with Crippen LogP contribution in [0.15, 0.2) is 42.5 Å². The molecule has 1 aliphatic heterocycles. The third kappa shape index (κ3) is 3.32. The monoisotopic (exact) mass is 324 g/mol. The average Bonchev–Trinajstić information content (AvgIpc) is 3.25. The molecule has 0 saturated carbocycles. The van der Waals surface area contributed by atoms with Crippen LogP contribution in [0.1, 0.15) is 16.7 Å². The van der Waals surface area contributed by atoms with E-state index in [1.807, 2.05) is 36.4 Å². The molecule has 1 heterocycles. The third-order valence-electron chi connectivity index (χ3n) is 4.94. The highest BCUT2D eigenvalue weighted by Gasteiger charge is 2.58. The SMILES string of the molecule is [B][11B]C1[11B]([B])C1([11B][B])Cc1ccc(Oc2ccc(C#N)c(C#N)c2)cc1. The lowest BCUT2D eigenvalue weighted by atomic mass is 9.38. The highest BCUT2D eigenvalue weighted by Crippen LogP contribution is 2.61. The van der Waals surface area contributed by atoms with E-state index in [-0.39, 0.29) is 23.1 Å². The molecular formula is C17H10B6N2O. The summed E-state index contributed by atoms with van der Waals surface area (Å²) in [4.78, 5) is 0. The lowest BCUT2D eigenvalue weighted by molar-refractivity contribution is 0.482. The van der Waals surface area contributed by atoms with Crippen molar-refractivity contribution in [2.75, 3.05) is 0 Å². The van der Waals surface area contributed by atoms with E-state index in [1.165, 1.54) is 0 Å². The Morgan fingerprint density at radius 3 is 2.23 bits per heavy atom. The Morgan fingerprint density at radius 2 is 1.69 bits per heavy atom. The van der Waals surface area contributed by atoms with Crippen molar-refractivity contribution in [3.63, 3.8) is 0 Å². The van der Waals surface area contributed by atoms with Gasteiger partial charge in [-0.3, -0.25) is 0 Å². The van der Waals surface area contributed by atoms with E-state index in [0.717, 1.165) is 5.56 Å². The van der Waals surface area contributed by atoms with Crippen LogP contribution >= 0.6 is 0 Å². The molecule has 2 atom stereocenters. The molecule has 9 heteroatoms. The number of hydrogen-bond acceptors (Lipinski definition) is 3. The maximum absolute atomic E-state index is 9.09. The second-order valence-electron chi connectivity index (χ2n) is 6.38. The number of ether oxygens (including phenoxy) is 1. The molecule has 1 saturated heterocycles. The predicted octanol–water partition coefficient (Wildman–Crippen LogP) is 1.54. The first-order valence-corrected chi connectivity index (χ1v) is 8.15. The summed E-state index contributed by atoms with van der Waals surface area (Å²) in [6.45, 7) is -0.0588. The Balaban J connectivity index is 1.71. The molecule has 0 bridgehead atoms. The third-order valence-corrected chi connectivity index (χ3v) is 4.94. The van der Waals surface area contributed by atoms with Crippen LogP contribution in [0, 0.1) is 22.7 Å². The van der Waals surface area contributed by atoms with E-state index < -0.39 is 0 Å². The Hall–Kier alpha value is -2.39. The van der Waals surface area contributed by atoms with E-state index in [0.29, 0.717) is 23.5 Å². The number of hydrogen-bond donors (Lipinski definition) is 0. The van der Waals surface area contributed by atoms with Gasteiger partial charge >= 0.3 is 0 Å². The van der Waals surface area contributed by atoms with Crippen LogP contribution in [0.4, 0.5) is 0 Å². The lowest BCUT2D eigenvalue weighted by Crippen LogP contribution is -2.15. The zero-order valence-electron chi connectivity index (χ0n) is 14.1. The van der Waals surface area contributed by atoms with E-state index in [9.17, 15) is 0 Å². The van der Waals surface area contributed by atoms with Gasteiger partial charge in [-0.2, -0.15) is 10.5 Å². The van der Waals surface area contributed by atoms with Gasteiger partial charge < -0.3 is 4.74 Å². The highest BCUT2D eigenvalue weighted by atomic mass is 16.5. The first-order valence-electron chi connectivity index (χ1n) is 8.15. The zero-order valence-corrected chi connectivity index (χ0v) is 14.1. The van der Waals surface area contributed by atoms with Gasteiger partial charge in [0.15, 0.2) is 0 Å². The molecular weight excluding hydrogens is 314 g/mol. The quantitative estimate of drug-likeness (QED) is 0.758. The summed E-state index contributed by atoms with van der Waals surface area (Å²) in [6, 6.07) is 16.4. The molecule has 0 aromatic heterocycles. The summed E-state index contributed by atoms with van der Waals surface area (Å²) in [5, 5.41) is 17.8. The fourth-order valence-corrected chi connectivity index (χ4v) is 3.28. The minimum Gasteiger partial charge on any atom is -0.457 e. The van der Waals surface area contributed by atoms with Gasteiger partial charge in [-0.15, -0.1) is 10.9 Å². The molecule has 0 aliphatic carbocycles. The van der Waals surface area contributed by atoms with Gasteiger partial charge in [0, 0.05) is 30.4 Å². The smallest absolute Gasteiger partial charge is 0.128 e. The molecule has 0 spiro atoms. The molecule has 0 amide bonds. The number of rotatable bonds is 6. The topological polar surface area (TPSA) is 56.8 Å². The van der Waals surface area contributed by atoms with Crippen LogP contribution in [0.5, 0.6) is 11.5 Å². The van der Waals surface area contributed by atoms with E-state index >= 15 is 0 Å². The summed E-state index contributed by atoms with van der Waals surface area (Å²) in [7, 11) is 20.8. The first-order chi connectivity index (χ1) is 12.6. The molecule has 3 nitrogen and oxygen atoms in total. The van der Waals surface area contributed by atoms with Crippen molar-refractivity contribution < 1.29 is 4.74 Å². The maximum atomic E-state index is 9.09. The van der Waals surface area contributed by atoms with Crippen molar-refractivity contribution >= 4 is 44.2 Å². The molecule has 8 radical (unpaired) electrons. The molecule has 3 rings (SSSR count). The van der Waals surface area contributed by atoms with Crippen LogP contribution in [0.2, 0.25) is 10.9 Å². The molecule has 1 fully saturated rings. The summed E-state index contributed by atoms with van der Waals surface area (Å²) in [5.41, 5.74) is 1.78. The highest BCUT2D eigenvalue weighted by molar-refractivity contribution is 7.28. The molecule has 26 heavy (non-hydrogen) atoms. The van der Waals surface area contributed by atoms with E-state index in [1.54, 1.807) is 32.5 Å². The second-order valence-corrected chi connectivity index (χ2v) is 6.38. The predicted molar refractivity (Wildman–Crippen MR) is 107 cm³/mol. The largest absolute Gasteiger partial charge is 0.457 e. The van der Waals surface area contributed by atoms with Crippen molar-refractivity contribution in [1.29, 1.82) is 10.5 Å². The molecule has 112 valence electrons. The van der Waals surface area contributed by atoms with Crippen molar-refractivity contribution in [3.8, 4) is 23.6 Å². The van der Waals surface area contributed by atoms with Gasteiger partial charge in [-0.05, 0) is 42.3 Å². The second kappa shape index (κ2) is 7.46. The summed E-state index contributed by atoms with van der Waals surface area (Å²) >= 11 is 0. The Morgan fingerprint density at radius 1 is 1.04 bits per heavy atom. The zero-order chi connectivity index (χ0) is 18.7. The van der Waals surface area contributed by atoms with Gasteiger partial charge in [-0.1, -0.05) is 12.1 Å². The van der Waals surface area contributed by atoms with Crippen LogP contribution in [-0.2, 0) is 6.42 Å². The van der Waals surface area contributed by atoms with Crippen LogP contribution in [0.25, 0.3) is 0 Å². The molecule has 2 aromatic rings. The van der Waals surface area contributed by atoms with Crippen LogP contribution in [0.3, 0.4) is 0 Å². The van der Waals surface area contributed by atoms with Crippen molar-refractivity contribution in [2.45, 2.75) is 17.4 Å². The minimum absolute atomic E-state index is 0.0588. The van der Waals surface area contributed by atoms with Gasteiger partial charge in [0.2, 0.25) is 0 Å². The number of nitriles is 2. The maximum Gasteiger partial charge on any atom is 0.128 e. The van der Waals surface area contributed by atoms with Crippen LogP contribution in [-0.4, -0.2) is 44.2 Å². The van der Waals surface area contributed by atoms with Gasteiger partial charge in [-0.25, -0.2) is 0 Å². The number of nitrogens with zero attached hydrogens (tertiary/aromatic N) is 2. The summed E-state index contributed by atoms with van der Waals surface area (Å²) in [6.07, 6.45) is 0.707. The first kappa shape index (κ1) is 18.4. The fourth-order valence-electron chi connectivity index (χ4n) is 3.28. The fraction of sp³-hybridized carbons (Fsp3) is 0.176. The van der Waals surface area contributed by atoms with Gasteiger partial charge in [0.25, 0.3) is 0 Å². The van der Waals surface area contributed by atoms with Crippen molar-refractivity contribution in [1.82, 2.24) is 0 Å². The van der Waals surface area contributed by atoms with Gasteiger partial charge in [0.05, 0.1) is 24.9 Å². The summed E-state index contributed by atoms with van der Waals surface area (Å²) in [5.74, 6) is 1.14. The van der Waals surface area contributed by atoms with Crippen molar-refractivity contribution in [3.05, 3.63) is 59.2 Å². The van der Waals surface area contributed by atoms with E-state index in [4.69, 9.17) is 38.5 Å². The van der Waals surface area contributed by atoms with Crippen LogP contribution < -0.4 is 4.74 Å². The standard InChI is InChI=1S/C17H10B6N2O/c18-21-16-17(22-19,23(16)20)8-11-1-4-14(5-2-11)26-15-6-3-12(9-24)13(7-15)10-25/h1-7,16H,8H2/i21+0,22+0,23+0. The van der Waals surface area contributed by atoms with E-state index in [2.05, 4.69) is 0 Å². The molecule has 0 N–H and O–H groups in total. The van der Waals surface area contributed by atoms with Gasteiger partial charge in [0.1, 0.15) is 23.6 Å². The summed E-state index contributed by atoms with van der Waals surface area (Å²) < 4.78 is 5.77.